The Labute approximate surface area is 291 Å². The average Bonchev–Trinajstić information content (AvgIpc) is 3.89. The number of rotatable bonds is 10. The van der Waals surface area contributed by atoms with Crippen LogP contribution in [0.25, 0.3) is 39.1 Å². The quantitative estimate of drug-likeness (QED) is 0.199. The van der Waals surface area contributed by atoms with Crippen LogP contribution in [0.2, 0.25) is 0 Å². The minimum atomic E-state index is 0.0848. The van der Waals surface area contributed by atoms with Crippen molar-refractivity contribution in [3.05, 3.63) is 78.8 Å². The Kier molecular flexibility index (Phi) is 10.9. The number of aryl methyl sites for hydroxylation is 1. The SMILES string of the molecule is CC(C)Oc1ccc(-c2n[nH]c3ccc(NC=O)cc23)cn1.CO[C@H]1CCN(CC(=O)N2CC=C(c3ccc(-c4ncn(C)n4)cc3)CC2)C1. The zero-order chi connectivity index (χ0) is 35.0. The Morgan fingerprint density at radius 2 is 1.86 bits per heavy atom. The van der Waals surface area contributed by atoms with Gasteiger partial charge in [-0.15, -0.1) is 0 Å². The third kappa shape index (κ3) is 8.41. The Morgan fingerprint density at radius 3 is 2.50 bits per heavy atom. The molecule has 50 heavy (non-hydrogen) atoms. The molecule has 0 spiro atoms. The maximum Gasteiger partial charge on any atom is 0.237 e. The summed E-state index contributed by atoms with van der Waals surface area (Å²) in [5, 5.41) is 15.2. The van der Waals surface area contributed by atoms with Gasteiger partial charge in [0.1, 0.15) is 12.0 Å². The number of carbonyl (C=O) groups is 2. The lowest BCUT2D eigenvalue weighted by Gasteiger charge is -2.28. The van der Waals surface area contributed by atoms with Gasteiger partial charge < -0.3 is 19.7 Å². The Balaban J connectivity index is 0.000000178. The smallest absolute Gasteiger partial charge is 0.237 e. The second kappa shape index (κ2) is 15.9. The van der Waals surface area contributed by atoms with Gasteiger partial charge in [0, 0.05) is 74.8 Å². The molecular formula is C37H43N9O4. The number of hydrogen-bond acceptors (Lipinski definition) is 9. The topological polar surface area (TPSA) is 143 Å². The molecule has 1 saturated heterocycles. The van der Waals surface area contributed by atoms with E-state index in [-0.39, 0.29) is 18.1 Å². The number of aromatic amines is 1. The number of pyridine rings is 1. The molecule has 0 bridgehead atoms. The van der Waals surface area contributed by atoms with E-state index in [2.05, 4.69) is 65.8 Å². The minimum Gasteiger partial charge on any atom is -0.475 e. The van der Waals surface area contributed by atoms with E-state index >= 15 is 0 Å². The molecule has 13 nitrogen and oxygen atoms in total. The summed E-state index contributed by atoms with van der Waals surface area (Å²) in [7, 11) is 3.61. The maximum atomic E-state index is 12.6. The van der Waals surface area contributed by atoms with Gasteiger partial charge in [-0.05, 0) is 62.1 Å². The molecule has 13 heteroatoms. The molecule has 0 radical (unpaired) electrons. The first-order valence-corrected chi connectivity index (χ1v) is 16.8. The molecule has 0 aliphatic carbocycles. The molecule has 5 aromatic rings. The van der Waals surface area contributed by atoms with E-state index in [1.54, 1.807) is 24.3 Å². The number of nitrogens with zero attached hydrogens (tertiary/aromatic N) is 7. The molecular weight excluding hydrogens is 634 g/mol. The van der Waals surface area contributed by atoms with Crippen molar-refractivity contribution in [3.8, 4) is 28.5 Å². The van der Waals surface area contributed by atoms with Crippen molar-refractivity contribution < 1.29 is 19.1 Å². The largest absolute Gasteiger partial charge is 0.475 e. The molecule has 3 aromatic heterocycles. The number of methoxy groups -OCH3 is 1. The zero-order valence-corrected chi connectivity index (χ0v) is 28.9. The molecule has 2 aliphatic rings. The highest BCUT2D eigenvalue weighted by Crippen LogP contribution is 2.29. The van der Waals surface area contributed by atoms with Gasteiger partial charge >= 0.3 is 0 Å². The Hall–Kier alpha value is -5.40. The monoisotopic (exact) mass is 677 g/mol. The fourth-order valence-electron chi connectivity index (χ4n) is 6.11. The molecule has 2 aromatic carbocycles. The summed E-state index contributed by atoms with van der Waals surface area (Å²) < 4.78 is 12.6. The van der Waals surface area contributed by atoms with E-state index < -0.39 is 0 Å². The predicted molar refractivity (Wildman–Crippen MR) is 192 cm³/mol. The van der Waals surface area contributed by atoms with Gasteiger partial charge in [0.15, 0.2) is 5.82 Å². The molecule has 260 valence electrons. The average molecular weight is 678 g/mol. The summed E-state index contributed by atoms with van der Waals surface area (Å²) >= 11 is 0. The maximum absolute atomic E-state index is 12.6. The minimum absolute atomic E-state index is 0.0848. The van der Waals surface area contributed by atoms with Gasteiger partial charge in [-0.2, -0.15) is 10.2 Å². The number of fused-ring (bicyclic) bond motifs is 1. The molecule has 2 amide bonds. The van der Waals surface area contributed by atoms with Gasteiger partial charge in [0.05, 0.1) is 24.3 Å². The number of anilines is 1. The molecule has 5 heterocycles. The van der Waals surface area contributed by atoms with Crippen molar-refractivity contribution in [3.63, 3.8) is 0 Å². The molecule has 2 N–H and O–H groups in total. The molecule has 1 atom stereocenters. The zero-order valence-electron chi connectivity index (χ0n) is 28.9. The molecule has 0 saturated carbocycles. The number of amides is 2. The van der Waals surface area contributed by atoms with Gasteiger partial charge in [0.2, 0.25) is 18.2 Å². The fourth-order valence-corrected chi connectivity index (χ4v) is 6.11. The highest BCUT2D eigenvalue weighted by molar-refractivity contribution is 5.95. The molecule has 0 unspecified atom stereocenters. The summed E-state index contributed by atoms with van der Waals surface area (Å²) in [6.07, 6.45) is 8.51. The van der Waals surface area contributed by atoms with Crippen LogP contribution < -0.4 is 10.1 Å². The summed E-state index contributed by atoms with van der Waals surface area (Å²) in [6.45, 7) is 7.66. The Bertz CT molecular complexity index is 1930. The van der Waals surface area contributed by atoms with Gasteiger partial charge in [-0.1, -0.05) is 30.3 Å². The van der Waals surface area contributed by atoms with Crippen LogP contribution in [-0.2, 0) is 21.4 Å². The van der Waals surface area contributed by atoms with E-state index in [0.29, 0.717) is 25.4 Å². The van der Waals surface area contributed by atoms with Crippen LogP contribution >= 0.6 is 0 Å². The number of ether oxygens (including phenoxy) is 2. The molecule has 1 fully saturated rings. The second-order valence-electron chi connectivity index (χ2n) is 12.7. The van der Waals surface area contributed by atoms with Crippen LogP contribution in [0.3, 0.4) is 0 Å². The normalized spacial score (nSPS) is 16.2. The second-order valence-corrected chi connectivity index (χ2v) is 12.7. The standard InChI is InChI=1S/C21H27N5O2.C16H16N4O2/c1-24-15-22-21(23-24)18-5-3-16(4-6-18)17-7-11-26(12-8-17)20(27)14-25-10-9-19(13-25)28-2;1-10(2)22-15-6-3-11(8-17-15)16-13-7-12(18-9-21)4-5-14(13)19-20-16/h3-7,15,19H,8-14H2,1-2H3;3-10H,1-2H3,(H,18,21)(H,19,20)/t19-;/m0./s1. The first kappa shape index (κ1) is 34.5. The number of carbonyl (C=O) groups excluding carboxylic acids is 2. The first-order chi connectivity index (χ1) is 24.3. The predicted octanol–water partition coefficient (Wildman–Crippen LogP) is 4.80. The third-order valence-corrected chi connectivity index (χ3v) is 8.75. The first-order valence-electron chi connectivity index (χ1n) is 16.8. The van der Waals surface area contributed by atoms with Gasteiger partial charge in [0.25, 0.3) is 0 Å². The van der Waals surface area contributed by atoms with Crippen molar-refractivity contribution in [2.45, 2.75) is 38.9 Å². The Morgan fingerprint density at radius 1 is 1.06 bits per heavy atom. The van der Waals surface area contributed by atoms with Crippen molar-refractivity contribution in [1.29, 1.82) is 0 Å². The lowest BCUT2D eigenvalue weighted by Crippen LogP contribution is -2.41. The highest BCUT2D eigenvalue weighted by Gasteiger charge is 2.26. The van der Waals surface area contributed by atoms with Crippen molar-refractivity contribution >= 4 is 34.5 Å². The van der Waals surface area contributed by atoms with E-state index in [9.17, 15) is 9.59 Å². The van der Waals surface area contributed by atoms with Crippen LogP contribution in [0.4, 0.5) is 5.69 Å². The fraction of sp³-hybridized carbons (Fsp3) is 0.351. The summed E-state index contributed by atoms with van der Waals surface area (Å²) in [6, 6.07) is 17.7. The summed E-state index contributed by atoms with van der Waals surface area (Å²) in [5.74, 6) is 1.53. The van der Waals surface area contributed by atoms with E-state index in [0.717, 1.165) is 71.7 Å². The van der Waals surface area contributed by atoms with Crippen LogP contribution in [0.1, 0.15) is 32.3 Å². The van der Waals surface area contributed by atoms with Crippen LogP contribution in [0, 0.1) is 0 Å². The lowest BCUT2D eigenvalue weighted by molar-refractivity contribution is -0.131. The van der Waals surface area contributed by atoms with Crippen molar-refractivity contribution in [2.75, 3.05) is 45.2 Å². The van der Waals surface area contributed by atoms with Crippen LogP contribution in [0.15, 0.2) is 73.2 Å². The third-order valence-electron chi connectivity index (χ3n) is 8.75. The lowest BCUT2D eigenvalue weighted by atomic mass is 9.98. The van der Waals surface area contributed by atoms with Crippen molar-refractivity contribution in [1.82, 2.24) is 39.7 Å². The summed E-state index contributed by atoms with van der Waals surface area (Å²) in [4.78, 5) is 35.9. The number of H-pyrrole nitrogens is 1. The number of likely N-dealkylation sites (tertiary alicyclic amines) is 1. The highest BCUT2D eigenvalue weighted by atomic mass is 16.5. The van der Waals surface area contributed by atoms with Gasteiger partial charge in [-0.3, -0.25) is 24.3 Å². The van der Waals surface area contributed by atoms with Crippen LogP contribution in [0.5, 0.6) is 5.88 Å². The van der Waals surface area contributed by atoms with Gasteiger partial charge in [-0.25, -0.2) is 9.97 Å². The number of benzene rings is 2. The number of nitrogens with one attached hydrogen (secondary N) is 2. The van der Waals surface area contributed by atoms with Crippen molar-refractivity contribution in [2.24, 2.45) is 7.05 Å². The molecule has 2 aliphatic heterocycles. The van der Waals surface area contributed by atoms with E-state index in [4.69, 9.17) is 9.47 Å². The number of aromatic nitrogens is 6. The van der Waals surface area contributed by atoms with E-state index in [1.807, 2.05) is 56.1 Å². The van der Waals surface area contributed by atoms with Crippen LogP contribution in [-0.4, -0.2) is 104 Å². The molecule has 7 rings (SSSR count). The summed E-state index contributed by atoms with van der Waals surface area (Å²) in [5.41, 5.74) is 6.79. The number of hydrogen-bond donors (Lipinski definition) is 2. The van der Waals surface area contributed by atoms with E-state index in [1.165, 1.54) is 11.1 Å².